The number of nitrogens with two attached hydrogens (primary N) is 1. The standard InChI is InChI=1S/C15H23NO4/c1-18-14-11-12(8-9-13(14)16)20-10-6-4-3-5-7-15(17)19-2/h8-9,11H,3-7,10,16H2,1-2H3. The maximum atomic E-state index is 10.9. The number of benzene rings is 1. The summed E-state index contributed by atoms with van der Waals surface area (Å²) in [5.74, 6) is 1.24. The van der Waals surface area contributed by atoms with Crippen molar-refractivity contribution in [3.05, 3.63) is 18.2 Å². The van der Waals surface area contributed by atoms with E-state index in [0.29, 0.717) is 24.5 Å². The molecule has 5 nitrogen and oxygen atoms in total. The smallest absolute Gasteiger partial charge is 0.305 e. The number of rotatable bonds is 9. The van der Waals surface area contributed by atoms with Crippen molar-refractivity contribution in [2.45, 2.75) is 32.1 Å². The first-order valence-electron chi connectivity index (χ1n) is 6.80. The first kappa shape index (κ1) is 16.1. The molecule has 0 unspecified atom stereocenters. The third-order valence-electron chi connectivity index (χ3n) is 2.98. The van der Waals surface area contributed by atoms with Gasteiger partial charge in [0, 0.05) is 12.5 Å². The number of ether oxygens (including phenoxy) is 3. The molecule has 0 heterocycles. The number of carbonyl (C=O) groups excluding carboxylic acids is 1. The molecule has 0 aliphatic carbocycles. The Bertz CT molecular complexity index is 420. The van der Waals surface area contributed by atoms with Crippen LogP contribution in [0.25, 0.3) is 0 Å². The minimum Gasteiger partial charge on any atom is -0.494 e. The Morgan fingerprint density at radius 3 is 2.60 bits per heavy atom. The van der Waals surface area contributed by atoms with Crippen LogP contribution in [0.3, 0.4) is 0 Å². The van der Waals surface area contributed by atoms with Gasteiger partial charge in [-0.2, -0.15) is 0 Å². The molecule has 0 saturated carbocycles. The third-order valence-corrected chi connectivity index (χ3v) is 2.98. The largest absolute Gasteiger partial charge is 0.494 e. The molecular weight excluding hydrogens is 258 g/mol. The molecule has 1 aromatic carbocycles. The van der Waals surface area contributed by atoms with Gasteiger partial charge in [0.25, 0.3) is 0 Å². The lowest BCUT2D eigenvalue weighted by atomic mass is 10.1. The molecule has 112 valence electrons. The summed E-state index contributed by atoms with van der Waals surface area (Å²) < 4.78 is 15.3. The van der Waals surface area contributed by atoms with Crippen molar-refractivity contribution in [3.8, 4) is 11.5 Å². The predicted octanol–water partition coefficient (Wildman–Crippen LogP) is 2.78. The molecule has 1 aromatic rings. The second-order valence-electron chi connectivity index (χ2n) is 4.49. The van der Waals surface area contributed by atoms with Crippen LogP contribution in [0.5, 0.6) is 11.5 Å². The van der Waals surface area contributed by atoms with Gasteiger partial charge in [0.15, 0.2) is 0 Å². The lowest BCUT2D eigenvalue weighted by Crippen LogP contribution is -2.01. The summed E-state index contributed by atoms with van der Waals surface area (Å²) in [5.41, 5.74) is 6.33. The molecule has 0 spiro atoms. The van der Waals surface area contributed by atoms with Crippen LogP contribution in [-0.4, -0.2) is 26.8 Å². The van der Waals surface area contributed by atoms with Gasteiger partial charge in [0.2, 0.25) is 0 Å². The summed E-state index contributed by atoms with van der Waals surface area (Å²) >= 11 is 0. The molecule has 2 N–H and O–H groups in total. The fraction of sp³-hybridized carbons (Fsp3) is 0.533. The van der Waals surface area contributed by atoms with Crippen LogP contribution in [0, 0.1) is 0 Å². The zero-order chi connectivity index (χ0) is 14.8. The highest BCUT2D eigenvalue weighted by atomic mass is 16.5. The van der Waals surface area contributed by atoms with Gasteiger partial charge in [0.05, 0.1) is 26.5 Å². The van der Waals surface area contributed by atoms with Crippen LogP contribution in [-0.2, 0) is 9.53 Å². The second-order valence-corrected chi connectivity index (χ2v) is 4.49. The molecule has 0 aliphatic rings. The molecule has 0 atom stereocenters. The van der Waals surface area contributed by atoms with Crippen molar-refractivity contribution < 1.29 is 19.0 Å². The van der Waals surface area contributed by atoms with Gasteiger partial charge in [-0.1, -0.05) is 12.8 Å². The molecule has 0 amide bonds. The van der Waals surface area contributed by atoms with Crippen LogP contribution < -0.4 is 15.2 Å². The Kier molecular flexibility index (Phi) is 7.32. The Morgan fingerprint density at radius 1 is 1.15 bits per heavy atom. The van der Waals surface area contributed by atoms with Crippen LogP contribution in [0.1, 0.15) is 32.1 Å². The number of esters is 1. The van der Waals surface area contributed by atoms with Gasteiger partial charge in [-0.05, 0) is 25.0 Å². The summed E-state index contributed by atoms with van der Waals surface area (Å²) in [6.07, 6.45) is 4.34. The second kappa shape index (κ2) is 9.07. The maximum absolute atomic E-state index is 10.9. The highest BCUT2D eigenvalue weighted by Crippen LogP contribution is 2.26. The fourth-order valence-electron chi connectivity index (χ4n) is 1.80. The van der Waals surface area contributed by atoms with Crippen molar-refractivity contribution in [1.29, 1.82) is 0 Å². The topological polar surface area (TPSA) is 70.8 Å². The van der Waals surface area contributed by atoms with E-state index in [1.165, 1.54) is 7.11 Å². The van der Waals surface area contributed by atoms with Gasteiger partial charge < -0.3 is 19.9 Å². The van der Waals surface area contributed by atoms with Crippen LogP contribution in [0.4, 0.5) is 5.69 Å². The number of nitrogen functional groups attached to an aromatic ring is 1. The molecule has 0 aliphatic heterocycles. The molecule has 5 heteroatoms. The molecule has 1 rings (SSSR count). The first-order valence-corrected chi connectivity index (χ1v) is 6.80. The predicted molar refractivity (Wildman–Crippen MR) is 78.0 cm³/mol. The summed E-state index contributed by atoms with van der Waals surface area (Å²) in [4.78, 5) is 10.9. The number of methoxy groups -OCH3 is 2. The van der Waals surface area contributed by atoms with Crippen LogP contribution in [0.2, 0.25) is 0 Å². The fourth-order valence-corrected chi connectivity index (χ4v) is 1.80. The third kappa shape index (κ3) is 5.82. The summed E-state index contributed by atoms with van der Waals surface area (Å²) in [7, 11) is 2.99. The highest BCUT2D eigenvalue weighted by molar-refractivity contribution is 5.68. The maximum Gasteiger partial charge on any atom is 0.305 e. The van der Waals surface area contributed by atoms with E-state index < -0.39 is 0 Å². The van der Waals surface area contributed by atoms with E-state index in [-0.39, 0.29) is 5.97 Å². The SMILES string of the molecule is COC(=O)CCCCCCOc1ccc(N)c(OC)c1. The summed E-state index contributed by atoms with van der Waals surface area (Å²) in [5, 5.41) is 0. The molecule has 0 aromatic heterocycles. The van der Waals surface area contributed by atoms with E-state index in [1.54, 1.807) is 19.2 Å². The van der Waals surface area contributed by atoms with Crippen molar-refractivity contribution in [2.24, 2.45) is 0 Å². The first-order chi connectivity index (χ1) is 9.67. The number of hydrogen-bond donors (Lipinski definition) is 1. The van der Waals surface area contributed by atoms with E-state index in [9.17, 15) is 4.79 Å². The van der Waals surface area contributed by atoms with Crippen molar-refractivity contribution in [3.63, 3.8) is 0 Å². The Labute approximate surface area is 120 Å². The van der Waals surface area contributed by atoms with Gasteiger partial charge >= 0.3 is 5.97 Å². The average molecular weight is 281 g/mol. The van der Waals surface area contributed by atoms with E-state index in [0.717, 1.165) is 31.4 Å². The van der Waals surface area contributed by atoms with Crippen LogP contribution >= 0.6 is 0 Å². The molecule has 0 saturated heterocycles. The Hall–Kier alpha value is -1.91. The molecule has 0 radical (unpaired) electrons. The monoisotopic (exact) mass is 281 g/mol. The molecule has 0 fully saturated rings. The molecular formula is C15H23NO4. The quantitative estimate of drug-likeness (QED) is 0.428. The number of hydrogen-bond acceptors (Lipinski definition) is 5. The Morgan fingerprint density at radius 2 is 1.90 bits per heavy atom. The minimum atomic E-state index is -0.143. The van der Waals surface area contributed by atoms with Crippen molar-refractivity contribution in [2.75, 3.05) is 26.6 Å². The van der Waals surface area contributed by atoms with Crippen LogP contribution in [0.15, 0.2) is 18.2 Å². The average Bonchev–Trinajstić information content (AvgIpc) is 2.47. The van der Waals surface area contributed by atoms with Gasteiger partial charge in [-0.25, -0.2) is 0 Å². The summed E-state index contributed by atoms with van der Waals surface area (Å²) in [6, 6.07) is 5.38. The van der Waals surface area contributed by atoms with E-state index >= 15 is 0 Å². The lowest BCUT2D eigenvalue weighted by Gasteiger charge is -2.09. The van der Waals surface area contributed by atoms with Gasteiger partial charge in [0.1, 0.15) is 11.5 Å². The number of unbranched alkanes of at least 4 members (excludes halogenated alkanes) is 3. The number of carbonyl (C=O) groups is 1. The normalized spacial score (nSPS) is 10.1. The minimum absolute atomic E-state index is 0.143. The van der Waals surface area contributed by atoms with Gasteiger partial charge in [-0.3, -0.25) is 4.79 Å². The van der Waals surface area contributed by atoms with E-state index in [2.05, 4.69) is 4.74 Å². The highest BCUT2D eigenvalue weighted by Gasteiger charge is 2.02. The Balaban J connectivity index is 2.14. The van der Waals surface area contributed by atoms with E-state index in [4.69, 9.17) is 15.2 Å². The molecule has 0 bridgehead atoms. The zero-order valence-corrected chi connectivity index (χ0v) is 12.2. The molecule has 20 heavy (non-hydrogen) atoms. The van der Waals surface area contributed by atoms with Crippen molar-refractivity contribution >= 4 is 11.7 Å². The zero-order valence-electron chi connectivity index (χ0n) is 12.2. The lowest BCUT2D eigenvalue weighted by molar-refractivity contribution is -0.140. The van der Waals surface area contributed by atoms with Gasteiger partial charge in [-0.15, -0.1) is 0 Å². The number of anilines is 1. The summed E-state index contributed by atoms with van der Waals surface area (Å²) in [6.45, 7) is 0.644. The van der Waals surface area contributed by atoms with E-state index in [1.807, 2.05) is 6.07 Å². The van der Waals surface area contributed by atoms with Crippen molar-refractivity contribution in [1.82, 2.24) is 0 Å².